The number of fused-ring (bicyclic) bond motifs is 1. The third kappa shape index (κ3) is 10.8. The topological polar surface area (TPSA) is 129 Å². The van der Waals surface area contributed by atoms with E-state index in [4.69, 9.17) is 9.47 Å². The third-order valence-corrected chi connectivity index (χ3v) is 11.1. The number of anilines is 1. The summed E-state index contributed by atoms with van der Waals surface area (Å²) >= 11 is 1.16. The number of carbonyl (C=O) groups is 2. The summed E-state index contributed by atoms with van der Waals surface area (Å²) in [6.45, 7) is 6.90. The average Bonchev–Trinajstić information content (AvgIpc) is 3.54. The smallest absolute Gasteiger partial charge is 0.258 e. The van der Waals surface area contributed by atoms with Gasteiger partial charge in [0.25, 0.3) is 15.9 Å². The lowest BCUT2D eigenvalue weighted by molar-refractivity contribution is -0.116. The monoisotopic (exact) mass is 666 g/mol. The summed E-state index contributed by atoms with van der Waals surface area (Å²) in [4.78, 5) is 30.5. The third-order valence-electron chi connectivity index (χ3n) is 7.94. The summed E-state index contributed by atoms with van der Waals surface area (Å²) in [6.07, 6.45) is 2.67. The van der Waals surface area contributed by atoms with Crippen LogP contribution < -0.4 is 10.1 Å². The fourth-order valence-electron chi connectivity index (χ4n) is 5.16. The van der Waals surface area contributed by atoms with Crippen LogP contribution >= 0.6 is 11.3 Å². The van der Waals surface area contributed by atoms with Crippen molar-refractivity contribution in [3.8, 4) is 5.75 Å². The molecule has 0 saturated carbocycles. The Bertz CT molecular complexity index is 1340. The summed E-state index contributed by atoms with van der Waals surface area (Å²) in [5.41, 5.74) is 0.771. The Morgan fingerprint density at radius 2 is 1.96 bits per heavy atom. The molecule has 0 spiro atoms. The van der Waals surface area contributed by atoms with Crippen molar-refractivity contribution in [1.29, 1.82) is 0 Å². The molecule has 0 aliphatic carbocycles. The Morgan fingerprint density at radius 1 is 1.20 bits per heavy atom. The van der Waals surface area contributed by atoms with Gasteiger partial charge in [0.15, 0.2) is 0 Å². The highest BCUT2D eigenvalue weighted by Gasteiger charge is 2.32. The highest BCUT2D eigenvalue weighted by molar-refractivity contribution is 7.91. The number of amides is 2. The van der Waals surface area contributed by atoms with E-state index in [0.29, 0.717) is 30.9 Å². The maximum Gasteiger partial charge on any atom is 0.258 e. The molecule has 0 unspecified atom stereocenters. The van der Waals surface area contributed by atoms with Crippen LogP contribution in [0, 0.1) is 5.92 Å². The molecule has 2 aromatic rings. The largest absolute Gasteiger partial charge is 0.490 e. The van der Waals surface area contributed by atoms with Crippen molar-refractivity contribution >= 4 is 38.9 Å². The van der Waals surface area contributed by atoms with Crippen LogP contribution in [0.25, 0.3) is 0 Å². The van der Waals surface area contributed by atoms with Gasteiger partial charge >= 0.3 is 0 Å². The second-order valence-electron chi connectivity index (χ2n) is 12.2. The number of nitrogens with zero attached hydrogens (tertiary/aromatic N) is 3. The molecule has 1 aromatic carbocycles. The minimum absolute atomic E-state index is 0.108. The van der Waals surface area contributed by atoms with Gasteiger partial charge in [-0.2, -0.15) is 4.31 Å². The van der Waals surface area contributed by atoms with E-state index in [9.17, 15) is 23.1 Å². The Kier molecular flexibility index (Phi) is 14.3. The quantitative estimate of drug-likeness (QED) is 0.366. The Hall–Kier alpha value is -2.55. The SMILES string of the molecule is C[C@@H]1CN([C@H](C)CO)C(=O)c2cc(NC(=O)CCCN(C)C)ccc2O[C@@H](C)CCCCO[C@H]1CN(C)S(=O)(=O)c1cccs1. The number of likely N-dealkylation sites (N-methyl/N-ethyl adjacent to an activating group) is 1. The molecule has 0 radical (unpaired) electrons. The van der Waals surface area contributed by atoms with Gasteiger partial charge in [-0.3, -0.25) is 9.59 Å². The molecular weight excluding hydrogens is 617 g/mol. The number of hydrogen-bond acceptors (Lipinski definition) is 9. The van der Waals surface area contributed by atoms with Gasteiger partial charge in [0.05, 0.1) is 30.4 Å². The van der Waals surface area contributed by atoms with E-state index < -0.39 is 22.2 Å². The Balaban J connectivity index is 1.92. The first-order valence-electron chi connectivity index (χ1n) is 15.6. The van der Waals surface area contributed by atoms with Crippen molar-refractivity contribution in [3.63, 3.8) is 0 Å². The molecule has 3 rings (SSSR count). The summed E-state index contributed by atoms with van der Waals surface area (Å²) in [5, 5.41) is 14.8. The number of aliphatic hydroxyl groups excluding tert-OH is 1. The molecule has 1 aliphatic heterocycles. The predicted molar refractivity (Wildman–Crippen MR) is 177 cm³/mol. The average molecular weight is 667 g/mol. The molecule has 2 heterocycles. The fourth-order valence-corrected chi connectivity index (χ4v) is 7.54. The minimum Gasteiger partial charge on any atom is -0.490 e. The summed E-state index contributed by atoms with van der Waals surface area (Å²) < 4.78 is 40.5. The molecule has 0 fully saturated rings. The number of aliphatic hydroxyl groups is 1. The summed E-state index contributed by atoms with van der Waals surface area (Å²) in [6, 6.07) is 7.83. The molecule has 0 saturated heterocycles. The van der Waals surface area contributed by atoms with Crippen molar-refractivity contribution in [3.05, 3.63) is 41.3 Å². The van der Waals surface area contributed by atoms with Crippen LogP contribution in [0.4, 0.5) is 5.69 Å². The molecule has 45 heavy (non-hydrogen) atoms. The minimum atomic E-state index is -3.70. The lowest BCUT2D eigenvalue weighted by Crippen LogP contribution is -2.48. The number of benzene rings is 1. The number of thiophene rings is 1. The van der Waals surface area contributed by atoms with Crippen LogP contribution in [0.1, 0.15) is 63.2 Å². The molecule has 1 aliphatic rings. The number of rotatable bonds is 11. The summed E-state index contributed by atoms with van der Waals surface area (Å²) in [7, 11) is 1.76. The first-order valence-corrected chi connectivity index (χ1v) is 17.9. The van der Waals surface area contributed by atoms with Crippen molar-refractivity contribution in [2.24, 2.45) is 5.92 Å². The highest BCUT2D eigenvalue weighted by atomic mass is 32.2. The van der Waals surface area contributed by atoms with E-state index in [1.165, 1.54) is 4.31 Å². The van der Waals surface area contributed by atoms with Crippen LogP contribution in [-0.4, -0.2) is 112 Å². The number of ether oxygens (including phenoxy) is 2. The van der Waals surface area contributed by atoms with Crippen LogP contribution in [0.2, 0.25) is 0 Å². The molecule has 11 nitrogen and oxygen atoms in total. The van der Waals surface area contributed by atoms with Crippen molar-refractivity contribution in [2.75, 3.05) is 59.3 Å². The highest BCUT2D eigenvalue weighted by Crippen LogP contribution is 2.29. The number of carbonyl (C=O) groups excluding carboxylic acids is 2. The van der Waals surface area contributed by atoms with Gasteiger partial charge < -0.3 is 29.7 Å². The maximum atomic E-state index is 14.3. The van der Waals surface area contributed by atoms with E-state index >= 15 is 0 Å². The molecule has 13 heteroatoms. The number of nitrogens with one attached hydrogen (secondary N) is 1. The lowest BCUT2D eigenvalue weighted by Gasteiger charge is -2.35. The zero-order valence-corrected chi connectivity index (χ0v) is 29.0. The van der Waals surface area contributed by atoms with Gasteiger partial charge in [0.1, 0.15) is 9.96 Å². The molecule has 2 N–H and O–H groups in total. The Morgan fingerprint density at radius 3 is 2.62 bits per heavy atom. The second-order valence-corrected chi connectivity index (χ2v) is 15.4. The summed E-state index contributed by atoms with van der Waals surface area (Å²) in [5.74, 6) is -0.373. The molecular formula is C32H50N4O7S2. The normalized spacial score (nSPS) is 21.2. The zero-order chi connectivity index (χ0) is 33.1. The second kappa shape index (κ2) is 17.4. The maximum absolute atomic E-state index is 14.3. The molecule has 1 aromatic heterocycles. The van der Waals surface area contributed by atoms with Crippen LogP contribution in [0.5, 0.6) is 5.75 Å². The van der Waals surface area contributed by atoms with E-state index in [-0.39, 0.29) is 53.3 Å². The van der Waals surface area contributed by atoms with E-state index in [1.54, 1.807) is 54.6 Å². The zero-order valence-electron chi connectivity index (χ0n) is 27.4. The lowest BCUT2D eigenvalue weighted by atomic mass is 10.0. The van der Waals surface area contributed by atoms with Crippen molar-refractivity contribution in [1.82, 2.24) is 14.1 Å². The van der Waals surface area contributed by atoms with Gasteiger partial charge in [-0.05, 0) is 89.8 Å². The van der Waals surface area contributed by atoms with E-state index in [1.807, 2.05) is 32.8 Å². The van der Waals surface area contributed by atoms with Crippen LogP contribution in [-0.2, 0) is 19.6 Å². The van der Waals surface area contributed by atoms with Gasteiger partial charge in [-0.25, -0.2) is 8.42 Å². The Labute approximate surface area is 272 Å². The number of hydrogen-bond donors (Lipinski definition) is 2. The predicted octanol–water partition coefficient (Wildman–Crippen LogP) is 4.14. The standard InChI is InChI=1S/C32H50N4O7S2/c1-23-20-36(24(2)22-37)32(39)27-19-26(33-30(38)12-9-16-34(4)5)14-15-28(27)43-25(3)11-7-8-17-42-29(23)21-35(6)45(40,41)31-13-10-18-44-31/h10,13-15,18-19,23-25,29,37H,7-9,11-12,16-17,20-22H2,1-6H3,(H,33,38)/t23-,24-,25+,29+/m1/s1. The van der Waals surface area contributed by atoms with E-state index in [2.05, 4.69) is 5.32 Å². The molecule has 2 amide bonds. The molecule has 0 bridgehead atoms. The molecule has 252 valence electrons. The van der Waals surface area contributed by atoms with Crippen LogP contribution in [0.3, 0.4) is 0 Å². The van der Waals surface area contributed by atoms with E-state index in [0.717, 1.165) is 37.1 Å². The van der Waals surface area contributed by atoms with Gasteiger partial charge in [-0.15, -0.1) is 11.3 Å². The van der Waals surface area contributed by atoms with Gasteiger partial charge in [-0.1, -0.05) is 13.0 Å². The first-order chi connectivity index (χ1) is 21.3. The van der Waals surface area contributed by atoms with Gasteiger partial charge in [0.2, 0.25) is 5.91 Å². The van der Waals surface area contributed by atoms with Crippen LogP contribution in [0.15, 0.2) is 39.9 Å². The first kappa shape index (κ1) is 36.9. The van der Waals surface area contributed by atoms with Gasteiger partial charge in [0, 0.05) is 44.8 Å². The number of sulfonamides is 1. The molecule has 4 atom stereocenters. The fraction of sp³-hybridized carbons (Fsp3) is 0.625. The van der Waals surface area contributed by atoms with Crippen molar-refractivity contribution in [2.45, 2.75) is 75.3 Å². The van der Waals surface area contributed by atoms with Crippen molar-refractivity contribution < 1.29 is 32.6 Å².